The van der Waals surface area contributed by atoms with Crippen LogP contribution in [0.3, 0.4) is 0 Å². The number of methoxy groups -OCH3 is 1. The van der Waals surface area contributed by atoms with Crippen molar-refractivity contribution >= 4 is 21.8 Å². The highest BCUT2D eigenvalue weighted by molar-refractivity contribution is 9.10. The third kappa shape index (κ3) is 3.59. The summed E-state index contributed by atoms with van der Waals surface area (Å²) in [5, 5.41) is 0. The van der Waals surface area contributed by atoms with Crippen LogP contribution in [0.25, 0.3) is 0 Å². The van der Waals surface area contributed by atoms with Crippen LogP contribution in [0.2, 0.25) is 0 Å². The molecule has 0 bridgehead atoms. The molecule has 1 aromatic carbocycles. The first kappa shape index (κ1) is 15.3. The van der Waals surface area contributed by atoms with Crippen molar-refractivity contribution in [3.8, 4) is 0 Å². The zero-order valence-corrected chi connectivity index (χ0v) is 14.0. The van der Waals surface area contributed by atoms with E-state index < -0.39 is 0 Å². The molecular formula is C17H18BrNO3. The number of hydrogen-bond acceptors (Lipinski definition) is 3. The van der Waals surface area contributed by atoms with Crippen LogP contribution in [0, 0.1) is 0 Å². The lowest BCUT2D eigenvalue weighted by molar-refractivity contribution is 0.0690. The Kier molecular flexibility index (Phi) is 4.64. The number of carbonyl (C=O) groups excluding carboxylic acids is 1. The van der Waals surface area contributed by atoms with Gasteiger partial charge in [-0.15, -0.1) is 0 Å². The predicted molar refractivity (Wildman–Crippen MR) is 86.5 cm³/mol. The molecule has 5 heteroatoms. The van der Waals surface area contributed by atoms with Gasteiger partial charge in [-0.1, -0.05) is 28.1 Å². The average Bonchev–Trinajstić information content (AvgIpc) is 3.24. The smallest absolute Gasteiger partial charge is 0.290 e. The fourth-order valence-corrected chi connectivity index (χ4v) is 2.89. The van der Waals surface area contributed by atoms with Gasteiger partial charge in [0.05, 0.1) is 0 Å². The summed E-state index contributed by atoms with van der Waals surface area (Å²) in [6, 6.07) is 11.9. The monoisotopic (exact) mass is 363 g/mol. The van der Waals surface area contributed by atoms with Gasteiger partial charge >= 0.3 is 0 Å². The first-order valence-electron chi connectivity index (χ1n) is 7.30. The number of halogens is 1. The largest absolute Gasteiger partial charge is 0.453 e. The average molecular weight is 364 g/mol. The first-order valence-corrected chi connectivity index (χ1v) is 8.09. The van der Waals surface area contributed by atoms with Crippen molar-refractivity contribution < 1.29 is 13.9 Å². The summed E-state index contributed by atoms with van der Waals surface area (Å²) in [4.78, 5) is 14.6. The van der Waals surface area contributed by atoms with E-state index in [2.05, 4.69) is 15.9 Å². The van der Waals surface area contributed by atoms with Crippen LogP contribution >= 0.6 is 15.9 Å². The maximum absolute atomic E-state index is 12.7. The molecule has 1 heterocycles. The Morgan fingerprint density at radius 2 is 2.18 bits per heavy atom. The van der Waals surface area contributed by atoms with Crippen LogP contribution in [0.5, 0.6) is 0 Å². The van der Waals surface area contributed by atoms with Crippen molar-refractivity contribution in [2.75, 3.05) is 7.11 Å². The summed E-state index contributed by atoms with van der Waals surface area (Å²) in [5.41, 5.74) is 1.11. The number of hydrogen-bond donors (Lipinski definition) is 0. The molecule has 0 N–H and O–H groups in total. The Hall–Kier alpha value is -1.59. The van der Waals surface area contributed by atoms with E-state index in [1.165, 1.54) is 0 Å². The van der Waals surface area contributed by atoms with Gasteiger partial charge in [-0.05, 0) is 42.7 Å². The number of benzene rings is 1. The molecule has 4 nitrogen and oxygen atoms in total. The van der Waals surface area contributed by atoms with Crippen LogP contribution in [0.15, 0.2) is 45.3 Å². The third-order valence-electron chi connectivity index (χ3n) is 3.65. The molecule has 0 saturated heterocycles. The van der Waals surface area contributed by atoms with E-state index in [1.807, 2.05) is 29.2 Å². The number of ether oxygens (including phenoxy) is 1. The second kappa shape index (κ2) is 6.67. The molecule has 0 spiro atoms. The molecule has 116 valence electrons. The standard InChI is InChI=1S/C17H18BrNO3/c1-21-11-15-7-8-16(22-15)17(20)19(14-5-6-14)10-12-3-2-4-13(18)9-12/h2-4,7-9,14H,5-6,10-11H2,1H3. The van der Waals surface area contributed by atoms with Crippen molar-refractivity contribution in [2.45, 2.75) is 32.0 Å². The van der Waals surface area contributed by atoms with E-state index in [9.17, 15) is 4.79 Å². The van der Waals surface area contributed by atoms with Crippen molar-refractivity contribution in [3.63, 3.8) is 0 Å². The summed E-state index contributed by atoms with van der Waals surface area (Å²) >= 11 is 3.47. The van der Waals surface area contributed by atoms with Crippen LogP contribution < -0.4 is 0 Å². The second-order valence-corrected chi connectivity index (χ2v) is 6.41. The molecular weight excluding hydrogens is 346 g/mol. The Labute approximate surface area is 138 Å². The van der Waals surface area contributed by atoms with Gasteiger partial charge in [0.15, 0.2) is 5.76 Å². The zero-order valence-electron chi connectivity index (χ0n) is 12.4. The topological polar surface area (TPSA) is 42.7 Å². The molecule has 0 atom stereocenters. The molecule has 0 unspecified atom stereocenters. The number of furan rings is 1. The summed E-state index contributed by atoms with van der Waals surface area (Å²) < 4.78 is 11.6. The highest BCUT2D eigenvalue weighted by Crippen LogP contribution is 2.30. The van der Waals surface area contributed by atoms with Gasteiger partial charge in [0, 0.05) is 24.2 Å². The lowest BCUT2D eigenvalue weighted by Gasteiger charge is -2.21. The van der Waals surface area contributed by atoms with Crippen LogP contribution in [0.4, 0.5) is 0 Å². The van der Waals surface area contributed by atoms with Gasteiger partial charge in [0.25, 0.3) is 5.91 Å². The van der Waals surface area contributed by atoms with Crippen molar-refractivity contribution in [3.05, 3.63) is 58.0 Å². The van der Waals surface area contributed by atoms with Crippen molar-refractivity contribution in [2.24, 2.45) is 0 Å². The van der Waals surface area contributed by atoms with Gasteiger partial charge in [0.1, 0.15) is 12.4 Å². The molecule has 0 radical (unpaired) electrons. The van der Waals surface area contributed by atoms with E-state index in [-0.39, 0.29) is 5.91 Å². The fraction of sp³-hybridized carbons (Fsp3) is 0.353. The van der Waals surface area contributed by atoms with Gasteiger partial charge in [0.2, 0.25) is 0 Å². The van der Waals surface area contributed by atoms with Crippen LogP contribution in [-0.4, -0.2) is 24.0 Å². The molecule has 1 aliphatic carbocycles. The quantitative estimate of drug-likeness (QED) is 0.778. The van der Waals surface area contributed by atoms with E-state index in [0.717, 1.165) is 22.9 Å². The predicted octanol–water partition coefficient (Wildman–Crippen LogP) is 3.99. The lowest BCUT2D eigenvalue weighted by Crippen LogP contribution is -2.32. The zero-order chi connectivity index (χ0) is 15.5. The summed E-state index contributed by atoms with van der Waals surface area (Å²) in [6.07, 6.45) is 2.12. The minimum atomic E-state index is -0.0511. The lowest BCUT2D eigenvalue weighted by atomic mass is 10.2. The minimum Gasteiger partial charge on any atom is -0.453 e. The number of nitrogens with zero attached hydrogens (tertiary/aromatic N) is 1. The Morgan fingerprint density at radius 1 is 1.36 bits per heavy atom. The molecule has 22 heavy (non-hydrogen) atoms. The van der Waals surface area contributed by atoms with E-state index in [1.54, 1.807) is 19.2 Å². The summed E-state index contributed by atoms with van der Waals surface area (Å²) in [6.45, 7) is 0.978. The molecule has 1 fully saturated rings. The molecule has 2 aromatic rings. The highest BCUT2D eigenvalue weighted by Gasteiger charge is 2.34. The SMILES string of the molecule is COCc1ccc(C(=O)N(Cc2cccc(Br)c2)C2CC2)o1. The van der Waals surface area contributed by atoms with E-state index in [4.69, 9.17) is 9.15 Å². The van der Waals surface area contributed by atoms with E-state index >= 15 is 0 Å². The van der Waals surface area contributed by atoms with Crippen molar-refractivity contribution in [1.82, 2.24) is 4.90 Å². The fourth-order valence-electron chi connectivity index (χ4n) is 2.44. The van der Waals surface area contributed by atoms with Crippen LogP contribution in [0.1, 0.15) is 34.7 Å². The van der Waals surface area contributed by atoms with Gasteiger partial charge in [-0.2, -0.15) is 0 Å². The normalized spacial score (nSPS) is 14.1. The van der Waals surface area contributed by atoms with Gasteiger partial charge in [-0.3, -0.25) is 4.79 Å². The molecule has 0 aliphatic heterocycles. The first-order chi connectivity index (χ1) is 10.7. The molecule has 3 rings (SSSR count). The minimum absolute atomic E-state index is 0.0511. The maximum Gasteiger partial charge on any atom is 0.290 e. The third-order valence-corrected chi connectivity index (χ3v) is 4.14. The number of carbonyl (C=O) groups is 1. The molecule has 1 saturated carbocycles. The molecule has 1 aromatic heterocycles. The number of amides is 1. The van der Waals surface area contributed by atoms with Crippen molar-refractivity contribution in [1.29, 1.82) is 0 Å². The number of rotatable bonds is 6. The Bertz CT molecular complexity index is 663. The summed E-state index contributed by atoms with van der Waals surface area (Å²) in [5.74, 6) is 1.00. The summed E-state index contributed by atoms with van der Waals surface area (Å²) in [7, 11) is 1.60. The second-order valence-electron chi connectivity index (χ2n) is 5.49. The molecule has 1 aliphatic rings. The highest BCUT2D eigenvalue weighted by atomic mass is 79.9. The van der Waals surface area contributed by atoms with E-state index in [0.29, 0.717) is 30.7 Å². The molecule has 1 amide bonds. The maximum atomic E-state index is 12.7. The Balaban J connectivity index is 1.76. The van der Waals surface area contributed by atoms with Crippen LogP contribution in [-0.2, 0) is 17.9 Å². The Morgan fingerprint density at radius 3 is 2.86 bits per heavy atom. The van der Waals surface area contributed by atoms with Gasteiger partial charge < -0.3 is 14.1 Å². The van der Waals surface area contributed by atoms with Gasteiger partial charge in [-0.25, -0.2) is 0 Å².